The highest BCUT2D eigenvalue weighted by atomic mass is 16.8. The van der Waals surface area contributed by atoms with Crippen LogP contribution in [-0.2, 0) is 42.6 Å². The monoisotopic (exact) mass is 1080 g/mol. The van der Waals surface area contributed by atoms with E-state index in [1.807, 2.05) is 0 Å². The summed E-state index contributed by atoms with van der Waals surface area (Å²) in [5.41, 5.74) is -2.16. The van der Waals surface area contributed by atoms with Crippen molar-refractivity contribution in [3.05, 3.63) is 0 Å². The van der Waals surface area contributed by atoms with Crippen molar-refractivity contribution in [2.45, 2.75) is 247 Å². The molecular weight excluding hydrogens is 989 g/mol. The van der Waals surface area contributed by atoms with Gasteiger partial charge >= 0.3 is 0 Å². The highest BCUT2D eigenvalue weighted by molar-refractivity contribution is 5.28. The molecule has 5 saturated carbocycles. The van der Waals surface area contributed by atoms with Crippen LogP contribution in [0.1, 0.15) is 113 Å². The van der Waals surface area contributed by atoms with Crippen LogP contribution in [-0.4, -0.2) is 234 Å². The quantitative estimate of drug-likeness (QED) is 0.102. The summed E-state index contributed by atoms with van der Waals surface area (Å²) in [6.45, 7) is 13.9. The van der Waals surface area contributed by atoms with E-state index in [-0.39, 0.29) is 51.4 Å². The summed E-state index contributed by atoms with van der Waals surface area (Å²) in [5.74, 6) is 0.556. The van der Waals surface area contributed by atoms with Crippen LogP contribution in [0.2, 0.25) is 0 Å². The van der Waals surface area contributed by atoms with E-state index in [9.17, 15) is 66.4 Å². The van der Waals surface area contributed by atoms with Gasteiger partial charge in [0.1, 0.15) is 85.5 Å². The molecule has 10 rings (SSSR count). The molecule has 13 N–H and O–H groups in total. The summed E-state index contributed by atoms with van der Waals surface area (Å²) in [5, 5.41) is 142. The molecule has 10 fully saturated rings. The molecule has 22 heteroatoms. The third-order valence-corrected chi connectivity index (χ3v) is 22.5. The Morgan fingerprint density at radius 1 is 0.520 bits per heavy atom. The predicted molar refractivity (Wildman–Crippen MR) is 256 cm³/mol. The Hall–Kier alpha value is -0.880. The first kappa shape index (κ1) is 57.4. The molecule has 432 valence electrons. The van der Waals surface area contributed by atoms with Crippen LogP contribution < -0.4 is 0 Å². The van der Waals surface area contributed by atoms with E-state index in [2.05, 4.69) is 41.5 Å². The van der Waals surface area contributed by atoms with Gasteiger partial charge in [-0.15, -0.1) is 0 Å². The second kappa shape index (κ2) is 20.2. The van der Waals surface area contributed by atoms with Gasteiger partial charge in [0.05, 0.1) is 50.3 Å². The van der Waals surface area contributed by atoms with Gasteiger partial charge in [-0.05, 0) is 111 Å². The third kappa shape index (κ3) is 8.62. The van der Waals surface area contributed by atoms with Gasteiger partial charge in [0.2, 0.25) is 0 Å². The largest absolute Gasteiger partial charge is 0.396 e. The molecule has 1 spiro atoms. The number of fused-ring (bicyclic) bond motifs is 4. The molecule has 0 aromatic heterocycles. The zero-order valence-electron chi connectivity index (χ0n) is 44.5. The smallest absolute Gasteiger partial charge is 0.187 e. The number of hydrogen-bond donors (Lipinski definition) is 13. The van der Waals surface area contributed by atoms with E-state index >= 15 is 0 Å². The maximum Gasteiger partial charge on any atom is 0.187 e. The molecule has 5 heterocycles. The first-order valence-electron chi connectivity index (χ1n) is 27.7. The van der Waals surface area contributed by atoms with E-state index < -0.39 is 160 Å². The van der Waals surface area contributed by atoms with Gasteiger partial charge in [-0.3, -0.25) is 0 Å². The van der Waals surface area contributed by atoms with Crippen molar-refractivity contribution >= 4 is 0 Å². The Labute approximate surface area is 438 Å². The van der Waals surface area contributed by atoms with Crippen molar-refractivity contribution in [1.82, 2.24) is 0 Å². The van der Waals surface area contributed by atoms with Gasteiger partial charge in [0.25, 0.3) is 0 Å². The molecule has 0 aromatic rings. The van der Waals surface area contributed by atoms with Crippen molar-refractivity contribution in [3.8, 4) is 0 Å². The summed E-state index contributed by atoms with van der Waals surface area (Å²) >= 11 is 0. The Bertz CT molecular complexity index is 2020. The minimum absolute atomic E-state index is 0.108. The average molecular weight is 1080 g/mol. The fraction of sp³-hybridized carbons (Fsp3) is 1.00. The molecule has 5 aliphatic carbocycles. The van der Waals surface area contributed by atoms with Gasteiger partial charge in [0, 0.05) is 17.4 Å². The topological polar surface area (TPSA) is 346 Å². The van der Waals surface area contributed by atoms with E-state index in [0.717, 1.165) is 51.4 Å². The molecule has 1 unspecified atom stereocenters. The highest BCUT2D eigenvalue weighted by Crippen LogP contribution is 2.80. The van der Waals surface area contributed by atoms with Gasteiger partial charge in [-0.1, -0.05) is 41.5 Å². The van der Waals surface area contributed by atoms with Crippen molar-refractivity contribution < 1.29 is 109 Å². The second-order valence-electron chi connectivity index (χ2n) is 26.4. The van der Waals surface area contributed by atoms with E-state index in [1.54, 1.807) is 0 Å². The maximum atomic E-state index is 12.4. The predicted octanol–water partition coefficient (Wildman–Crippen LogP) is -1.71. The lowest BCUT2D eigenvalue weighted by atomic mass is 9.30. The van der Waals surface area contributed by atoms with Crippen LogP contribution in [0.25, 0.3) is 0 Å². The first-order valence-corrected chi connectivity index (χ1v) is 27.7. The Morgan fingerprint density at radius 2 is 1.12 bits per heavy atom. The standard InChI is InChI=1S/C53H88O22/c1-23-32(58)36(62)39(65)43(69-23)75-42-38(64)34(60)25(19-55)71-46(42)72-26-20-67-45(41(35(26)61)74-44-40(66)37(63)33(59)24(18-54)70-44)73-31-10-11-49(5)27(47(31,2)3)8-12-50(6)28(49)9-13-53-29-16-48(4,21-56)14-15-52(29,22-68-53)30(57)17-51(50,53)7/h23-46,54-66H,8-22H2,1-7H3/t23-,24+,25+,26-,27-,28+,29?,30+,31-,32-,33+,34+,35-,36+,37-,38-,39+,40+,41+,42+,43-,44-,45-,46-,48-,49-,50+,51-,52+,53-/m0/s1. The van der Waals surface area contributed by atoms with E-state index in [1.165, 1.54) is 6.92 Å². The second-order valence-corrected chi connectivity index (χ2v) is 26.4. The lowest BCUT2D eigenvalue weighted by Crippen LogP contribution is -2.74. The molecule has 30 atom stereocenters. The minimum atomic E-state index is -1.88. The van der Waals surface area contributed by atoms with Crippen LogP contribution in [0.5, 0.6) is 0 Å². The Morgan fingerprint density at radius 3 is 1.77 bits per heavy atom. The SMILES string of the molecule is C[C@@H]1O[C@@H](O[C@H]2[C@H](O[C@H]3CO[C@@H](O[C@H]4CC[C@]5(C)[C@H]6CC[C@]78OC[C@@]9(CC[C@](C)(CO)CC97)[C@H](O)C[C@@]8(C)[C@]6(C)CC[C@H]5C4(C)C)[C@H](O[C@@H]4O[C@H](CO)[C@@H](O)[C@H](O)[C@H]4O)[C@H]3O)O[C@H](CO)[C@@H](O)[C@@H]2O)[C@H](O)[C@H](O)[C@H]1O. The van der Waals surface area contributed by atoms with Gasteiger partial charge < -0.3 is 109 Å². The van der Waals surface area contributed by atoms with Gasteiger partial charge in [-0.2, -0.15) is 0 Å². The summed E-state index contributed by atoms with van der Waals surface area (Å²) in [6.07, 6.45) is -23.9. The molecular formula is C53H88O22. The summed E-state index contributed by atoms with van der Waals surface area (Å²) in [6, 6.07) is 0. The molecule has 5 aliphatic heterocycles. The Kier molecular flexibility index (Phi) is 15.5. The molecule has 22 nitrogen and oxygen atoms in total. The summed E-state index contributed by atoms with van der Waals surface area (Å²) in [7, 11) is 0. The van der Waals surface area contributed by atoms with Crippen molar-refractivity contribution in [2.24, 2.45) is 50.2 Å². The van der Waals surface area contributed by atoms with Crippen molar-refractivity contribution in [3.63, 3.8) is 0 Å². The van der Waals surface area contributed by atoms with Crippen LogP contribution in [0.15, 0.2) is 0 Å². The maximum absolute atomic E-state index is 12.4. The molecule has 10 aliphatic rings. The number of hydrogen-bond acceptors (Lipinski definition) is 22. The highest BCUT2D eigenvalue weighted by Gasteiger charge is 2.80. The molecule has 0 amide bonds. The van der Waals surface area contributed by atoms with Gasteiger partial charge in [-0.25, -0.2) is 0 Å². The zero-order valence-corrected chi connectivity index (χ0v) is 44.5. The summed E-state index contributed by atoms with van der Waals surface area (Å²) < 4.78 is 56.3. The fourth-order valence-corrected chi connectivity index (χ4v) is 17.7. The van der Waals surface area contributed by atoms with Crippen LogP contribution in [0.4, 0.5) is 0 Å². The van der Waals surface area contributed by atoms with E-state index in [4.69, 9.17) is 42.6 Å². The first-order chi connectivity index (χ1) is 35.2. The van der Waals surface area contributed by atoms with Crippen LogP contribution in [0, 0.1) is 50.2 Å². The number of rotatable bonds is 11. The molecule has 0 radical (unpaired) electrons. The number of aliphatic hydroxyl groups is 13. The number of aliphatic hydroxyl groups excluding tert-OH is 13. The van der Waals surface area contributed by atoms with Crippen LogP contribution >= 0.6 is 0 Å². The Balaban J connectivity index is 0.901. The molecule has 75 heavy (non-hydrogen) atoms. The minimum Gasteiger partial charge on any atom is -0.396 e. The van der Waals surface area contributed by atoms with Crippen molar-refractivity contribution in [1.29, 1.82) is 0 Å². The average Bonchev–Trinajstić information content (AvgIpc) is 3.66. The zero-order chi connectivity index (χ0) is 54.3. The molecule has 0 aromatic carbocycles. The molecule has 2 bridgehead atoms. The fourth-order valence-electron chi connectivity index (χ4n) is 17.7. The van der Waals surface area contributed by atoms with Gasteiger partial charge in [0.15, 0.2) is 25.2 Å². The molecule has 5 saturated heterocycles. The van der Waals surface area contributed by atoms with E-state index in [0.29, 0.717) is 19.4 Å². The number of ether oxygens (including phenoxy) is 9. The van der Waals surface area contributed by atoms with Crippen molar-refractivity contribution in [2.75, 3.05) is 33.0 Å². The lowest BCUT2D eigenvalue weighted by molar-refractivity contribution is -0.394. The normalized spacial score (nSPS) is 58.6. The van der Waals surface area contributed by atoms with Crippen LogP contribution in [0.3, 0.4) is 0 Å². The third-order valence-electron chi connectivity index (χ3n) is 22.5. The summed E-state index contributed by atoms with van der Waals surface area (Å²) in [4.78, 5) is 0. The lowest BCUT2D eigenvalue weighted by Gasteiger charge is -2.75.